The second-order valence-corrected chi connectivity index (χ2v) is 3.73. The number of rotatable bonds is 4. The second kappa shape index (κ2) is 12.0. The van der Waals surface area contributed by atoms with Gasteiger partial charge < -0.3 is 15.5 Å². The van der Waals surface area contributed by atoms with E-state index in [0.29, 0.717) is 17.2 Å². The minimum absolute atomic E-state index is 0.261. The van der Waals surface area contributed by atoms with Gasteiger partial charge in [-0.3, -0.25) is 15.6 Å². The molecule has 1 amide bonds. The lowest BCUT2D eigenvalue weighted by Crippen LogP contribution is -2.18. The number of carbonyl (C=O) groups excluding carboxylic acids is 1. The van der Waals surface area contributed by atoms with Gasteiger partial charge in [-0.15, -0.1) is 0 Å². The average Bonchev–Trinajstić information content (AvgIpc) is 2.64. The summed E-state index contributed by atoms with van der Waals surface area (Å²) in [5, 5.41) is 2.51. The SMILES string of the molecule is CC.CC.CNC(=O)c1cc(Oc2cccc(NN)c2)ccn1. The number of amides is 1. The molecule has 0 aliphatic carbocycles. The van der Waals surface area contributed by atoms with Gasteiger partial charge in [-0.05, 0) is 18.2 Å². The predicted octanol–water partition coefficient (Wildman–Crippen LogP) is 3.57. The molecule has 1 aromatic heterocycles. The number of nitrogens with one attached hydrogen (secondary N) is 2. The summed E-state index contributed by atoms with van der Waals surface area (Å²) in [4.78, 5) is 15.4. The number of anilines is 1. The number of nitrogens with two attached hydrogens (primary N) is 1. The highest BCUT2D eigenvalue weighted by molar-refractivity contribution is 5.92. The molecule has 2 aromatic rings. The molecule has 1 heterocycles. The standard InChI is InChI=1S/C13H14N4O2.2C2H6/c1-15-13(18)12-8-11(5-6-16-12)19-10-4-2-3-9(7-10)17-14;2*1-2/h2-8,17H,14H2,1H3,(H,15,18);2*1-2H3. The molecule has 0 aliphatic heterocycles. The van der Waals surface area contributed by atoms with Gasteiger partial charge in [0.1, 0.15) is 17.2 Å². The molecule has 0 unspecified atom stereocenters. The van der Waals surface area contributed by atoms with E-state index < -0.39 is 0 Å². The van der Waals surface area contributed by atoms with Crippen LogP contribution in [0.5, 0.6) is 11.5 Å². The fourth-order valence-corrected chi connectivity index (χ4v) is 1.51. The zero-order chi connectivity index (χ0) is 17.7. The summed E-state index contributed by atoms with van der Waals surface area (Å²) >= 11 is 0. The average molecular weight is 318 g/mol. The molecule has 0 aliphatic rings. The first-order valence-corrected chi connectivity index (χ1v) is 7.65. The first kappa shape index (κ1) is 20.4. The fraction of sp³-hybridized carbons (Fsp3) is 0.294. The van der Waals surface area contributed by atoms with E-state index in [1.54, 1.807) is 31.3 Å². The molecule has 6 heteroatoms. The molecule has 0 fully saturated rings. The Kier molecular flexibility index (Phi) is 10.6. The monoisotopic (exact) mass is 318 g/mol. The maximum absolute atomic E-state index is 11.5. The van der Waals surface area contributed by atoms with Gasteiger partial charge >= 0.3 is 0 Å². The van der Waals surface area contributed by atoms with Crippen molar-refractivity contribution >= 4 is 11.6 Å². The van der Waals surface area contributed by atoms with Crippen LogP contribution in [-0.2, 0) is 0 Å². The lowest BCUT2D eigenvalue weighted by molar-refractivity contribution is 0.0958. The normalized spacial score (nSPS) is 8.61. The maximum Gasteiger partial charge on any atom is 0.269 e. The highest BCUT2D eigenvalue weighted by atomic mass is 16.5. The molecule has 0 radical (unpaired) electrons. The fourth-order valence-electron chi connectivity index (χ4n) is 1.51. The molecule has 0 saturated carbocycles. The smallest absolute Gasteiger partial charge is 0.269 e. The number of nitrogens with zero attached hydrogens (tertiary/aromatic N) is 1. The molecule has 1 aromatic carbocycles. The first-order chi connectivity index (χ1) is 11.2. The topological polar surface area (TPSA) is 89.3 Å². The summed E-state index contributed by atoms with van der Waals surface area (Å²) in [6.07, 6.45) is 1.52. The van der Waals surface area contributed by atoms with E-state index in [1.807, 2.05) is 39.8 Å². The third kappa shape index (κ3) is 6.80. The largest absolute Gasteiger partial charge is 0.457 e. The van der Waals surface area contributed by atoms with Gasteiger partial charge in [0.15, 0.2) is 0 Å². The summed E-state index contributed by atoms with van der Waals surface area (Å²) in [5.41, 5.74) is 3.57. The van der Waals surface area contributed by atoms with Crippen LogP contribution in [0.4, 0.5) is 5.69 Å². The number of carbonyl (C=O) groups is 1. The number of benzene rings is 1. The van der Waals surface area contributed by atoms with Gasteiger partial charge in [0, 0.05) is 25.4 Å². The van der Waals surface area contributed by atoms with Crippen LogP contribution in [0.25, 0.3) is 0 Å². The van der Waals surface area contributed by atoms with Gasteiger partial charge in [-0.2, -0.15) is 0 Å². The summed E-state index contributed by atoms with van der Waals surface area (Å²) in [5.74, 6) is 6.21. The number of hydrazine groups is 1. The molecular weight excluding hydrogens is 292 g/mol. The minimum atomic E-state index is -0.261. The van der Waals surface area contributed by atoms with Crippen molar-refractivity contribution in [3.05, 3.63) is 48.3 Å². The molecule has 4 N–H and O–H groups in total. The van der Waals surface area contributed by atoms with Gasteiger partial charge in [0.2, 0.25) is 0 Å². The Hall–Kier alpha value is -2.60. The van der Waals surface area contributed by atoms with Gasteiger partial charge in [-0.25, -0.2) is 0 Å². The van der Waals surface area contributed by atoms with Crippen LogP contribution in [-0.4, -0.2) is 17.9 Å². The van der Waals surface area contributed by atoms with Gasteiger partial charge in [0.25, 0.3) is 5.91 Å². The number of nitrogen functional groups attached to an aromatic ring is 1. The number of hydrogen-bond donors (Lipinski definition) is 3. The third-order valence-corrected chi connectivity index (χ3v) is 2.43. The van der Waals surface area contributed by atoms with Crippen molar-refractivity contribution in [3.8, 4) is 11.5 Å². The second-order valence-electron chi connectivity index (χ2n) is 3.73. The van der Waals surface area contributed by atoms with E-state index in [2.05, 4.69) is 15.7 Å². The Bertz CT molecular complexity index is 588. The quantitative estimate of drug-likeness (QED) is 0.592. The molecule has 0 atom stereocenters. The molecular formula is C17H26N4O2. The molecule has 126 valence electrons. The van der Waals surface area contributed by atoms with Crippen molar-refractivity contribution in [2.45, 2.75) is 27.7 Å². The van der Waals surface area contributed by atoms with Crippen molar-refractivity contribution in [1.82, 2.24) is 10.3 Å². The van der Waals surface area contributed by atoms with E-state index in [-0.39, 0.29) is 5.91 Å². The van der Waals surface area contributed by atoms with E-state index in [4.69, 9.17) is 10.6 Å². The molecule has 0 bridgehead atoms. The Morgan fingerprint density at radius 1 is 1.09 bits per heavy atom. The molecule has 0 saturated heterocycles. The lowest BCUT2D eigenvalue weighted by Gasteiger charge is -2.08. The number of ether oxygens (including phenoxy) is 1. The zero-order valence-electron chi connectivity index (χ0n) is 14.4. The van der Waals surface area contributed by atoms with Crippen LogP contribution in [0, 0.1) is 0 Å². The minimum Gasteiger partial charge on any atom is -0.457 e. The highest BCUT2D eigenvalue weighted by Gasteiger charge is 2.06. The van der Waals surface area contributed by atoms with Crippen LogP contribution in [0.15, 0.2) is 42.6 Å². The van der Waals surface area contributed by atoms with E-state index in [1.165, 1.54) is 6.20 Å². The van der Waals surface area contributed by atoms with Crippen molar-refractivity contribution in [3.63, 3.8) is 0 Å². The Balaban J connectivity index is 0.00000112. The van der Waals surface area contributed by atoms with Crippen LogP contribution < -0.4 is 21.3 Å². The lowest BCUT2D eigenvalue weighted by atomic mass is 10.3. The van der Waals surface area contributed by atoms with E-state index in [9.17, 15) is 4.79 Å². The Labute approximate surface area is 138 Å². The molecule has 6 nitrogen and oxygen atoms in total. The van der Waals surface area contributed by atoms with Crippen molar-refractivity contribution in [2.75, 3.05) is 12.5 Å². The zero-order valence-corrected chi connectivity index (χ0v) is 14.4. The summed E-state index contributed by atoms with van der Waals surface area (Å²) < 4.78 is 5.64. The van der Waals surface area contributed by atoms with Crippen molar-refractivity contribution in [1.29, 1.82) is 0 Å². The first-order valence-electron chi connectivity index (χ1n) is 7.65. The number of aromatic nitrogens is 1. The van der Waals surface area contributed by atoms with Crippen LogP contribution in [0.1, 0.15) is 38.2 Å². The molecule has 23 heavy (non-hydrogen) atoms. The Morgan fingerprint density at radius 2 is 1.74 bits per heavy atom. The third-order valence-electron chi connectivity index (χ3n) is 2.43. The highest BCUT2D eigenvalue weighted by Crippen LogP contribution is 2.23. The van der Waals surface area contributed by atoms with E-state index in [0.717, 1.165) is 5.69 Å². The number of hydrogen-bond acceptors (Lipinski definition) is 5. The summed E-state index contributed by atoms with van der Waals surface area (Å²) in [6, 6.07) is 10.4. The van der Waals surface area contributed by atoms with Gasteiger partial charge in [0.05, 0.1) is 5.69 Å². The summed E-state index contributed by atoms with van der Waals surface area (Å²) in [7, 11) is 1.55. The van der Waals surface area contributed by atoms with Crippen LogP contribution in [0.3, 0.4) is 0 Å². The van der Waals surface area contributed by atoms with Crippen LogP contribution in [0.2, 0.25) is 0 Å². The van der Waals surface area contributed by atoms with Crippen LogP contribution >= 0.6 is 0 Å². The van der Waals surface area contributed by atoms with Gasteiger partial charge in [-0.1, -0.05) is 33.8 Å². The summed E-state index contributed by atoms with van der Waals surface area (Å²) in [6.45, 7) is 8.00. The van der Waals surface area contributed by atoms with Crippen molar-refractivity contribution in [2.24, 2.45) is 5.84 Å². The van der Waals surface area contributed by atoms with Crippen molar-refractivity contribution < 1.29 is 9.53 Å². The molecule has 0 spiro atoms. The Morgan fingerprint density at radius 3 is 2.35 bits per heavy atom. The predicted molar refractivity (Wildman–Crippen MR) is 94.6 cm³/mol. The van der Waals surface area contributed by atoms with E-state index >= 15 is 0 Å². The number of pyridine rings is 1. The molecule has 2 rings (SSSR count). The maximum atomic E-state index is 11.5.